The highest BCUT2D eigenvalue weighted by Gasteiger charge is 2.25. The monoisotopic (exact) mass is 496 g/mol. The molecule has 1 atom stereocenters. The maximum Gasteiger partial charge on any atom is 0.262 e. The lowest BCUT2D eigenvalue weighted by Crippen LogP contribution is -2.53. The van der Waals surface area contributed by atoms with Crippen LogP contribution < -0.4 is 15.0 Å². The third-order valence-corrected chi connectivity index (χ3v) is 5.69. The number of ether oxygens (including phenoxy) is 2. The predicted octanol–water partition coefficient (Wildman–Crippen LogP) is 2.71. The summed E-state index contributed by atoms with van der Waals surface area (Å²) in [7, 11) is 5.38. The number of aromatic nitrogens is 1. The minimum atomic E-state index is -0.237. The molecule has 1 saturated heterocycles. The Hall–Kier alpha value is -1.91. The van der Waals surface area contributed by atoms with Crippen LogP contribution in [-0.4, -0.2) is 69.3 Å². The summed E-state index contributed by atoms with van der Waals surface area (Å²) in [6, 6.07) is 10.0. The highest BCUT2D eigenvalue weighted by molar-refractivity contribution is 14.1. The van der Waals surface area contributed by atoms with Crippen LogP contribution >= 0.6 is 22.6 Å². The van der Waals surface area contributed by atoms with Gasteiger partial charge in [-0.15, -0.1) is 0 Å². The molecule has 1 unspecified atom stereocenters. The summed E-state index contributed by atoms with van der Waals surface area (Å²) in [5, 5.41) is 2.93. The zero-order valence-corrected chi connectivity index (χ0v) is 18.5. The van der Waals surface area contributed by atoms with Crippen molar-refractivity contribution in [2.24, 2.45) is 0 Å². The van der Waals surface area contributed by atoms with Crippen LogP contribution in [0.2, 0.25) is 0 Å². The first-order valence-corrected chi connectivity index (χ1v) is 10.2. The van der Waals surface area contributed by atoms with Gasteiger partial charge in [0.15, 0.2) is 0 Å². The fourth-order valence-electron chi connectivity index (χ4n) is 3.40. The zero-order valence-electron chi connectivity index (χ0n) is 16.3. The largest absolute Gasteiger partial charge is 0.480 e. The number of carbonyl (C=O) groups is 1. The Kier molecular flexibility index (Phi) is 7.08. The minimum Gasteiger partial charge on any atom is -0.480 e. The van der Waals surface area contributed by atoms with Crippen molar-refractivity contribution >= 4 is 39.9 Å². The van der Waals surface area contributed by atoms with Crippen molar-refractivity contribution in [1.82, 2.24) is 9.88 Å². The van der Waals surface area contributed by atoms with Crippen LogP contribution in [0.1, 0.15) is 10.4 Å². The number of hydrogen-bond acceptors (Lipinski definition) is 6. The number of pyridine rings is 1. The van der Waals surface area contributed by atoms with E-state index >= 15 is 0 Å². The van der Waals surface area contributed by atoms with E-state index in [0.29, 0.717) is 24.1 Å². The Morgan fingerprint density at radius 1 is 1.25 bits per heavy atom. The number of amides is 1. The van der Waals surface area contributed by atoms with Crippen LogP contribution in [0.4, 0.5) is 11.4 Å². The van der Waals surface area contributed by atoms with E-state index in [0.717, 1.165) is 34.6 Å². The SMILES string of the molecule is COCC1CN(C)CCN1c1ccc(NC(=O)c2c(I)ccnc2OC)cc1. The Labute approximate surface area is 179 Å². The van der Waals surface area contributed by atoms with Crippen LogP contribution in [0.25, 0.3) is 0 Å². The molecular formula is C20H25IN4O3. The van der Waals surface area contributed by atoms with Crippen LogP contribution in [0.5, 0.6) is 5.88 Å². The lowest BCUT2D eigenvalue weighted by molar-refractivity contribution is 0.102. The molecule has 8 heteroatoms. The molecule has 28 heavy (non-hydrogen) atoms. The molecule has 2 aromatic rings. The van der Waals surface area contributed by atoms with Gasteiger partial charge >= 0.3 is 0 Å². The van der Waals surface area contributed by atoms with Crippen LogP contribution in [-0.2, 0) is 4.74 Å². The molecule has 0 aliphatic carbocycles. The van der Waals surface area contributed by atoms with Gasteiger partial charge in [-0.1, -0.05) is 0 Å². The van der Waals surface area contributed by atoms with Gasteiger partial charge in [0.05, 0.1) is 19.8 Å². The van der Waals surface area contributed by atoms with Crippen LogP contribution in [0.15, 0.2) is 36.5 Å². The van der Waals surface area contributed by atoms with E-state index in [1.54, 1.807) is 19.4 Å². The van der Waals surface area contributed by atoms with E-state index in [9.17, 15) is 4.79 Å². The summed E-state index contributed by atoms with van der Waals surface area (Å²) in [4.78, 5) is 21.5. The number of rotatable bonds is 6. The number of hydrogen-bond donors (Lipinski definition) is 1. The van der Waals surface area contributed by atoms with Crippen molar-refractivity contribution in [1.29, 1.82) is 0 Å². The van der Waals surface area contributed by atoms with E-state index < -0.39 is 0 Å². The molecule has 3 rings (SSSR count). The minimum absolute atomic E-state index is 0.237. The standard InChI is InChI=1S/C20H25IN4O3/c1-24-10-11-25(16(12-24)13-27-2)15-6-4-14(5-7-15)23-19(26)18-17(21)8-9-22-20(18)28-3/h4-9,16H,10-13H2,1-3H3,(H,23,26). The van der Waals surface area contributed by atoms with Crippen LogP contribution in [0, 0.1) is 3.57 Å². The maximum absolute atomic E-state index is 12.7. The number of likely N-dealkylation sites (N-methyl/N-ethyl adjacent to an activating group) is 1. The second-order valence-electron chi connectivity index (χ2n) is 6.74. The number of carbonyl (C=O) groups excluding carboxylic acids is 1. The molecule has 1 fully saturated rings. The van der Waals surface area contributed by atoms with Gasteiger partial charge in [-0.2, -0.15) is 0 Å². The zero-order chi connectivity index (χ0) is 20.1. The molecular weight excluding hydrogens is 471 g/mol. The molecule has 0 radical (unpaired) electrons. The van der Waals surface area contributed by atoms with E-state index in [1.165, 1.54) is 7.11 Å². The lowest BCUT2D eigenvalue weighted by Gasteiger charge is -2.41. The van der Waals surface area contributed by atoms with Gasteiger partial charge in [-0.3, -0.25) is 4.79 Å². The van der Waals surface area contributed by atoms with Crippen molar-refractivity contribution in [2.75, 3.05) is 57.7 Å². The first-order chi connectivity index (χ1) is 13.5. The lowest BCUT2D eigenvalue weighted by atomic mass is 10.1. The maximum atomic E-state index is 12.7. The number of piperazine rings is 1. The van der Waals surface area contributed by atoms with Crippen LogP contribution in [0.3, 0.4) is 0 Å². The molecule has 1 amide bonds. The smallest absolute Gasteiger partial charge is 0.262 e. The normalized spacial score (nSPS) is 17.4. The third-order valence-electron chi connectivity index (χ3n) is 4.79. The number of benzene rings is 1. The molecule has 1 aliphatic rings. The second kappa shape index (κ2) is 9.53. The molecule has 0 saturated carbocycles. The van der Waals surface area contributed by atoms with Gasteiger partial charge in [0.2, 0.25) is 5.88 Å². The molecule has 2 heterocycles. The van der Waals surface area contributed by atoms with Gasteiger partial charge < -0.3 is 24.6 Å². The highest BCUT2D eigenvalue weighted by Crippen LogP contribution is 2.25. The van der Waals surface area contributed by atoms with Crippen molar-refractivity contribution in [3.63, 3.8) is 0 Å². The van der Waals surface area contributed by atoms with E-state index in [4.69, 9.17) is 9.47 Å². The Morgan fingerprint density at radius 2 is 2.00 bits per heavy atom. The Balaban J connectivity index is 1.73. The topological polar surface area (TPSA) is 66.9 Å². The van der Waals surface area contributed by atoms with Crippen molar-refractivity contribution < 1.29 is 14.3 Å². The summed E-state index contributed by atoms with van der Waals surface area (Å²) < 4.78 is 11.4. The quantitative estimate of drug-likeness (QED) is 0.621. The summed E-state index contributed by atoms with van der Waals surface area (Å²) in [6.45, 7) is 3.60. The van der Waals surface area contributed by atoms with Crippen molar-refractivity contribution in [2.45, 2.75) is 6.04 Å². The fourth-order valence-corrected chi connectivity index (χ4v) is 4.03. The molecule has 150 valence electrons. The summed E-state index contributed by atoms with van der Waals surface area (Å²) in [5.74, 6) is 0.0832. The molecule has 1 aromatic heterocycles. The highest BCUT2D eigenvalue weighted by atomic mass is 127. The third kappa shape index (κ3) is 4.73. The number of nitrogens with one attached hydrogen (secondary N) is 1. The predicted molar refractivity (Wildman–Crippen MR) is 118 cm³/mol. The second-order valence-corrected chi connectivity index (χ2v) is 7.91. The fraction of sp³-hybridized carbons (Fsp3) is 0.400. The molecule has 1 aromatic carbocycles. The van der Waals surface area contributed by atoms with Gasteiger partial charge in [0.25, 0.3) is 5.91 Å². The van der Waals surface area contributed by atoms with E-state index in [1.807, 2.05) is 24.3 Å². The molecule has 7 nitrogen and oxygen atoms in total. The van der Waals surface area contributed by atoms with Gasteiger partial charge in [-0.05, 0) is 60.0 Å². The average molecular weight is 496 g/mol. The molecule has 1 aliphatic heterocycles. The first-order valence-electron chi connectivity index (χ1n) is 9.07. The van der Waals surface area contributed by atoms with E-state index in [-0.39, 0.29) is 5.91 Å². The summed E-state index contributed by atoms with van der Waals surface area (Å²) in [5.41, 5.74) is 2.29. The average Bonchev–Trinajstić information content (AvgIpc) is 2.69. The Morgan fingerprint density at radius 3 is 2.68 bits per heavy atom. The summed E-state index contributed by atoms with van der Waals surface area (Å²) >= 11 is 2.11. The molecule has 0 spiro atoms. The van der Waals surface area contributed by atoms with Gasteiger partial charge in [0, 0.05) is 47.9 Å². The number of nitrogens with zero attached hydrogens (tertiary/aromatic N) is 3. The van der Waals surface area contributed by atoms with Crippen molar-refractivity contribution in [3.8, 4) is 5.88 Å². The van der Waals surface area contributed by atoms with Gasteiger partial charge in [-0.25, -0.2) is 4.98 Å². The molecule has 0 bridgehead atoms. The number of halogens is 1. The molecule has 1 N–H and O–H groups in total. The summed E-state index contributed by atoms with van der Waals surface area (Å²) in [6.07, 6.45) is 1.62. The number of anilines is 2. The van der Waals surface area contributed by atoms with Crippen molar-refractivity contribution in [3.05, 3.63) is 45.7 Å². The Bertz CT molecular complexity index is 816. The number of methoxy groups -OCH3 is 2. The first kappa shape index (κ1) is 20.8. The van der Waals surface area contributed by atoms with E-state index in [2.05, 4.69) is 49.7 Å². The van der Waals surface area contributed by atoms with Gasteiger partial charge in [0.1, 0.15) is 5.56 Å².